The summed E-state index contributed by atoms with van der Waals surface area (Å²) < 4.78 is 1.63. The van der Waals surface area contributed by atoms with E-state index in [9.17, 15) is 14.7 Å². The molecule has 0 bridgehead atoms. The molecule has 0 fully saturated rings. The molecule has 4 nitrogen and oxygen atoms in total. The molecular formula is C14H17Br2NO3. The Morgan fingerprint density at radius 1 is 1.35 bits per heavy atom. The van der Waals surface area contributed by atoms with Crippen molar-refractivity contribution in [1.29, 1.82) is 0 Å². The Morgan fingerprint density at radius 2 is 1.95 bits per heavy atom. The normalized spacial score (nSPS) is 13.9. The second-order valence-corrected chi connectivity index (χ2v) is 7.00. The number of carboxylic acid groups (broad SMARTS) is 1. The van der Waals surface area contributed by atoms with Gasteiger partial charge in [0.1, 0.15) is 0 Å². The average Bonchev–Trinajstić information content (AvgIpc) is 2.32. The lowest BCUT2D eigenvalue weighted by Crippen LogP contribution is -2.37. The van der Waals surface area contributed by atoms with E-state index in [-0.39, 0.29) is 18.2 Å². The molecule has 0 heterocycles. The molecule has 0 aliphatic heterocycles. The highest BCUT2D eigenvalue weighted by Crippen LogP contribution is 2.32. The van der Waals surface area contributed by atoms with E-state index in [2.05, 4.69) is 37.2 Å². The quantitative estimate of drug-likeness (QED) is 0.766. The van der Waals surface area contributed by atoms with Crippen LogP contribution in [0.15, 0.2) is 27.1 Å². The standard InChI is InChI=1S/C14H17Br2NO3/c1-8(2)14(3,13(19)20)7-12(18)17-11-5-4-9(15)6-10(11)16/h4-6,8H,7H2,1-3H3,(H,17,18)(H,19,20). The van der Waals surface area contributed by atoms with Crippen molar-refractivity contribution in [1.82, 2.24) is 0 Å². The van der Waals surface area contributed by atoms with Gasteiger partial charge in [-0.1, -0.05) is 29.8 Å². The van der Waals surface area contributed by atoms with Gasteiger partial charge in [0.25, 0.3) is 0 Å². The van der Waals surface area contributed by atoms with Gasteiger partial charge in [0.15, 0.2) is 0 Å². The summed E-state index contributed by atoms with van der Waals surface area (Å²) in [7, 11) is 0. The summed E-state index contributed by atoms with van der Waals surface area (Å²) in [4.78, 5) is 23.4. The van der Waals surface area contributed by atoms with Crippen LogP contribution in [-0.2, 0) is 9.59 Å². The highest BCUT2D eigenvalue weighted by atomic mass is 79.9. The number of nitrogens with one attached hydrogen (secondary N) is 1. The minimum Gasteiger partial charge on any atom is -0.481 e. The lowest BCUT2D eigenvalue weighted by molar-refractivity contribution is -0.153. The van der Waals surface area contributed by atoms with E-state index in [1.807, 2.05) is 6.07 Å². The van der Waals surface area contributed by atoms with Crippen LogP contribution < -0.4 is 5.32 Å². The summed E-state index contributed by atoms with van der Waals surface area (Å²) in [5.74, 6) is -1.41. The highest BCUT2D eigenvalue weighted by Gasteiger charge is 2.38. The van der Waals surface area contributed by atoms with Gasteiger partial charge in [-0.25, -0.2) is 0 Å². The fraction of sp³-hybridized carbons (Fsp3) is 0.429. The van der Waals surface area contributed by atoms with Crippen molar-refractivity contribution in [2.24, 2.45) is 11.3 Å². The third-order valence-electron chi connectivity index (χ3n) is 3.50. The molecular weight excluding hydrogens is 390 g/mol. The molecule has 110 valence electrons. The first-order valence-corrected chi connectivity index (χ1v) is 7.73. The molecule has 0 radical (unpaired) electrons. The van der Waals surface area contributed by atoms with Crippen LogP contribution in [0.5, 0.6) is 0 Å². The van der Waals surface area contributed by atoms with Crippen LogP contribution in [0, 0.1) is 11.3 Å². The van der Waals surface area contributed by atoms with Gasteiger partial charge in [-0.05, 0) is 47.0 Å². The molecule has 0 spiro atoms. The summed E-state index contributed by atoms with van der Waals surface area (Å²) in [6.45, 7) is 5.20. The first-order valence-electron chi connectivity index (χ1n) is 6.15. The summed E-state index contributed by atoms with van der Waals surface area (Å²) in [6.07, 6.45) is -0.0670. The van der Waals surface area contributed by atoms with Gasteiger partial charge in [-0.3, -0.25) is 9.59 Å². The van der Waals surface area contributed by atoms with Gasteiger partial charge in [0.2, 0.25) is 5.91 Å². The highest BCUT2D eigenvalue weighted by molar-refractivity contribution is 9.11. The van der Waals surface area contributed by atoms with Crippen LogP contribution >= 0.6 is 31.9 Å². The van der Waals surface area contributed by atoms with E-state index < -0.39 is 11.4 Å². The Morgan fingerprint density at radius 3 is 2.40 bits per heavy atom. The number of amides is 1. The summed E-state index contributed by atoms with van der Waals surface area (Å²) >= 11 is 6.68. The Hall–Kier alpha value is -0.880. The predicted molar refractivity (Wildman–Crippen MR) is 85.7 cm³/mol. The number of halogens is 2. The van der Waals surface area contributed by atoms with Gasteiger partial charge in [0, 0.05) is 15.4 Å². The maximum atomic E-state index is 12.1. The number of hydrogen-bond acceptors (Lipinski definition) is 2. The van der Waals surface area contributed by atoms with E-state index in [1.165, 1.54) is 0 Å². The molecule has 1 aromatic rings. The number of hydrogen-bond donors (Lipinski definition) is 2. The van der Waals surface area contributed by atoms with E-state index >= 15 is 0 Å². The van der Waals surface area contributed by atoms with E-state index in [0.717, 1.165) is 8.95 Å². The van der Waals surface area contributed by atoms with Gasteiger partial charge in [-0.15, -0.1) is 0 Å². The molecule has 0 saturated carbocycles. The second-order valence-electron chi connectivity index (χ2n) is 5.23. The van der Waals surface area contributed by atoms with Crippen molar-refractivity contribution in [3.8, 4) is 0 Å². The van der Waals surface area contributed by atoms with E-state index in [1.54, 1.807) is 32.9 Å². The van der Waals surface area contributed by atoms with Crippen LogP contribution in [0.2, 0.25) is 0 Å². The van der Waals surface area contributed by atoms with Gasteiger partial charge in [0.05, 0.1) is 11.1 Å². The fourth-order valence-electron chi connectivity index (χ4n) is 1.65. The van der Waals surface area contributed by atoms with Crippen molar-refractivity contribution >= 4 is 49.4 Å². The largest absolute Gasteiger partial charge is 0.481 e. The third-order valence-corrected chi connectivity index (χ3v) is 4.65. The molecule has 0 saturated heterocycles. The number of benzene rings is 1. The van der Waals surface area contributed by atoms with Crippen molar-refractivity contribution in [2.45, 2.75) is 27.2 Å². The minimum atomic E-state index is -1.08. The molecule has 1 aromatic carbocycles. The predicted octanol–water partition coefficient (Wildman–Crippen LogP) is 4.29. The van der Waals surface area contributed by atoms with Gasteiger partial charge >= 0.3 is 5.97 Å². The Bertz CT molecular complexity index is 531. The van der Waals surface area contributed by atoms with Gasteiger partial charge in [-0.2, -0.15) is 0 Å². The van der Waals surface area contributed by atoms with Crippen molar-refractivity contribution in [2.75, 3.05) is 5.32 Å². The van der Waals surface area contributed by atoms with Crippen LogP contribution in [0.4, 0.5) is 5.69 Å². The second kappa shape index (κ2) is 6.72. The monoisotopic (exact) mass is 405 g/mol. The Balaban J connectivity index is 2.84. The number of carbonyl (C=O) groups excluding carboxylic acids is 1. The maximum absolute atomic E-state index is 12.1. The topological polar surface area (TPSA) is 66.4 Å². The number of aliphatic carboxylic acids is 1. The first kappa shape index (κ1) is 17.2. The van der Waals surface area contributed by atoms with E-state index in [4.69, 9.17) is 0 Å². The smallest absolute Gasteiger partial charge is 0.310 e. The Labute approximate surface area is 135 Å². The first-order chi connectivity index (χ1) is 9.16. The lowest BCUT2D eigenvalue weighted by atomic mass is 9.76. The maximum Gasteiger partial charge on any atom is 0.310 e. The molecule has 0 aromatic heterocycles. The number of anilines is 1. The average molecular weight is 407 g/mol. The summed E-state index contributed by atoms with van der Waals surface area (Å²) in [6, 6.07) is 5.37. The molecule has 2 N–H and O–H groups in total. The van der Waals surface area contributed by atoms with Crippen LogP contribution in [0.1, 0.15) is 27.2 Å². The van der Waals surface area contributed by atoms with Crippen LogP contribution in [-0.4, -0.2) is 17.0 Å². The summed E-state index contributed by atoms with van der Waals surface area (Å²) in [5.41, 5.74) is -0.457. The molecule has 1 unspecified atom stereocenters. The molecule has 1 atom stereocenters. The fourth-order valence-corrected chi connectivity index (χ4v) is 2.79. The zero-order chi connectivity index (χ0) is 15.5. The van der Waals surface area contributed by atoms with Crippen LogP contribution in [0.25, 0.3) is 0 Å². The minimum absolute atomic E-state index is 0.0670. The number of carboxylic acids is 1. The Kier molecular flexibility index (Phi) is 5.77. The van der Waals surface area contributed by atoms with Crippen molar-refractivity contribution < 1.29 is 14.7 Å². The molecule has 1 amide bonds. The number of rotatable bonds is 5. The van der Waals surface area contributed by atoms with Crippen LogP contribution in [0.3, 0.4) is 0 Å². The summed E-state index contributed by atoms with van der Waals surface area (Å²) in [5, 5.41) is 12.0. The molecule has 20 heavy (non-hydrogen) atoms. The van der Waals surface area contributed by atoms with Crippen molar-refractivity contribution in [3.05, 3.63) is 27.1 Å². The van der Waals surface area contributed by atoms with E-state index in [0.29, 0.717) is 5.69 Å². The molecule has 6 heteroatoms. The third kappa shape index (κ3) is 4.06. The molecule has 1 rings (SSSR count). The molecule has 0 aliphatic rings. The lowest BCUT2D eigenvalue weighted by Gasteiger charge is -2.28. The van der Waals surface area contributed by atoms with Gasteiger partial charge < -0.3 is 10.4 Å². The SMILES string of the molecule is CC(C)C(C)(CC(=O)Nc1ccc(Br)cc1Br)C(=O)O. The van der Waals surface area contributed by atoms with Crippen molar-refractivity contribution in [3.63, 3.8) is 0 Å². The zero-order valence-corrected chi connectivity index (χ0v) is 14.7. The zero-order valence-electron chi connectivity index (χ0n) is 11.5. The molecule has 0 aliphatic carbocycles. The number of carbonyl (C=O) groups is 2.